The highest BCUT2D eigenvalue weighted by molar-refractivity contribution is 9.10. The molecule has 0 radical (unpaired) electrons. The maximum Gasteiger partial charge on any atom is 0.312 e. The van der Waals surface area contributed by atoms with Gasteiger partial charge in [-0.1, -0.05) is 33.3 Å². The summed E-state index contributed by atoms with van der Waals surface area (Å²) in [6, 6.07) is 9.78. The van der Waals surface area contributed by atoms with Gasteiger partial charge >= 0.3 is 5.69 Å². The summed E-state index contributed by atoms with van der Waals surface area (Å²) in [6.45, 7) is -0.109. The van der Waals surface area contributed by atoms with Gasteiger partial charge in [0.2, 0.25) is 5.75 Å². The summed E-state index contributed by atoms with van der Waals surface area (Å²) >= 11 is 3.12. The van der Waals surface area contributed by atoms with E-state index in [1.54, 1.807) is 18.2 Å². The van der Waals surface area contributed by atoms with Crippen LogP contribution in [0.25, 0.3) is 11.0 Å². The maximum atomic E-state index is 12.0. The number of nitro groups is 1. The van der Waals surface area contributed by atoms with E-state index in [2.05, 4.69) is 36.8 Å². The van der Waals surface area contributed by atoms with Gasteiger partial charge in [0, 0.05) is 16.1 Å². The summed E-state index contributed by atoms with van der Waals surface area (Å²) in [5, 5.41) is 32.3. The number of hydrogen-bond acceptors (Lipinski definition) is 7. The van der Waals surface area contributed by atoms with Gasteiger partial charge in [0.25, 0.3) is 5.91 Å². The van der Waals surface area contributed by atoms with E-state index in [1.165, 1.54) is 16.8 Å². The number of carbonyl (C=O) groups excluding carboxylic acids is 1. The molecular weight excluding hydrogens is 408 g/mol. The first kappa shape index (κ1) is 17.5. The van der Waals surface area contributed by atoms with Crippen LogP contribution in [-0.4, -0.2) is 37.1 Å². The molecule has 0 unspecified atom stereocenters. The van der Waals surface area contributed by atoms with Gasteiger partial charge in [-0.15, -0.1) is 5.10 Å². The first-order valence-electron chi connectivity index (χ1n) is 7.22. The summed E-state index contributed by atoms with van der Waals surface area (Å²) in [6.07, 6.45) is 1.12. The summed E-state index contributed by atoms with van der Waals surface area (Å²) in [4.78, 5) is 22.1. The second-order valence-electron chi connectivity index (χ2n) is 5.15. The molecule has 0 saturated heterocycles. The van der Waals surface area contributed by atoms with Gasteiger partial charge in [0.1, 0.15) is 12.1 Å². The molecule has 0 aliphatic heterocycles. The molecule has 0 spiro atoms. The second kappa shape index (κ2) is 7.27. The van der Waals surface area contributed by atoms with E-state index in [9.17, 15) is 20.0 Å². The molecular formula is C15H11BrN6O4. The minimum Gasteiger partial charge on any atom is -0.502 e. The van der Waals surface area contributed by atoms with Crippen molar-refractivity contribution < 1.29 is 14.8 Å². The van der Waals surface area contributed by atoms with Crippen molar-refractivity contribution in [3.63, 3.8) is 0 Å². The van der Waals surface area contributed by atoms with Gasteiger partial charge < -0.3 is 5.11 Å². The van der Waals surface area contributed by atoms with Crippen LogP contribution in [0.1, 0.15) is 5.56 Å². The quantitative estimate of drug-likeness (QED) is 0.369. The van der Waals surface area contributed by atoms with Gasteiger partial charge in [-0.05, 0) is 18.2 Å². The van der Waals surface area contributed by atoms with Gasteiger partial charge in [0.15, 0.2) is 0 Å². The Morgan fingerprint density at radius 3 is 2.96 bits per heavy atom. The predicted octanol–water partition coefficient (Wildman–Crippen LogP) is 1.96. The highest BCUT2D eigenvalue weighted by Gasteiger charge is 2.17. The third-order valence-corrected chi connectivity index (χ3v) is 3.85. The SMILES string of the molecule is O=C(Cn1nnc2ccccc21)NN=Cc1cc(Br)cc([N+](=O)[O-])c1O. The zero-order chi connectivity index (χ0) is 18.7. The van der Waals surface area contributed by atoms with Crippen molar-refractivity contribution in [3.8, 4) is 5.75 Å². The molecule has 0 fully saturated rings. The number of phenolic OH excluding ortho intramolecular Hbond substituents is 1. The Morgan fingerprint density at radius 1 is 1.42 bits per heavy atom. The molecule has 11 heteroatoms. The van der Waals surface area contributed by atoms with Crippen LogP contribution in [0.15, 0.2) is 46.0 Å². The lowest BCUT2D eigenvalue weighted by molar-refractivity contribution is -0.385. The van der Waals surface area contributed by atoms with Crippen LogP contribution in [0.3, 0.4) is 0 Å². The normalized spacial score (nSPS) is 11.1. The van der Waals surface area contributed by atoms with Crippen molar-refractivity contribution in [3.05, 3.63) is 56.5 Å². The van der Waals surface area contributed by atoms with Crippen LogP contribution in [0.4, 0.5) is 5.69 Å². The van der Waals surface area contributed by atoms with Crippen LogP contribution in [0.2, 0.25) is 0 Å². The molecule has 10 nitrogen and oxygen atoms in total. The number of nitro benzene ring substituents is 1. The largest absolute Gasteiger partial charge is 0.502 e. The van der Waals surface area contributed by atoms with Gasteiger partial charge in [-0.2, -0.15) is 5.10 Å². The number of nitrogens with zero attached hydrogens (tertiary/aromatic N) is 5. The Labute approximate surface area is 154 Å². The number of hydrazone groups is 1. The molecule has 1 aromatic heterocycles. The fourth-order valence-corrected chi connectivity index (χ4v) is 2.69. The smallest absolute Gasteiger partial charge is 0.312 e. The highest BCUT2D eigenvalue weighted by Crippen LogP contribution is 2.32. The molecule has 132 valence electrons. The summed E-state index contributed by atoms with van der Waals surface area (Å²) in [5.74, 6) is -1.01. The van der Waals surface area contributed by atoms with Crippen molar-refractivity contribution in [1.82, 2.24) is 20.4 Å². The summed E-state index contributed by atoms with van der Waals surface area (Å²) in [5.41, 5.74) is 3.25. The second-order valence-corrected chi connectivity index (χ2v) is 6.06. The molecule has 0 bridgehead atoms. The lowest BCUT2D eigenvalue weighted by Crippen LogP contribution is -2.23. The van der Waals surface area contributed by atoms with Crippen molar-refractivity contribution in [2.45, 2.75) is 6.54 Å². The van der Waals surface area contributed by atoms with E-state index in [-0.39, 0.29) is 12.1 Å². The number of fused-ring (bicyclic) bond motifs is 1. The molecule has 2 aromatic carbocycles. The molecule has 0 saturated carbocycles. The number of carbonyl (C=O) groups is 1. The topological polar surface area (TPSA) is 136 Å². The average molecular weight is 419 g/mol. The molecule has 26 heavy (non-hydrogen) atoms. The molecule has 0 aliphatic rings. The standard InChI is InChI=1S/C15H11BrN6O4/c16-10-5-9(15(24)13(6-10)22(25)26)7-17-19-14(23)8-21-12-4-2-1-3-11(12)18-20-21/h1-7,24H,8H2,(H,19,23). The maximum absolute atomic E-state index is 12.0. The molecule has 0 aliphatic carbocycles. The van der Waals surface area contributed by atoms with Crippen LogP contribution in [0.5, 0.6) is 5.75 Å². The third kappa shape index (κ3) is 3.67. The van der Waals surface area contributed by atoms with Crippen LogP contribution in [-0.2, 0) is 11.3 Å². The fourth-order valence-electron chi connectivity index (χ4n) is 2.22. The van der Waals surface area contributed by atoms with Crippen LogP contribution < -0.4 is 5.43 Å². The lowest BCUT2D eigenvalue weighted by atomic mass is 10.2. The Bertz CT molecular complexity index is 1030. The van der Waals surface area contributed by atoms with Crippen molar-refractivity contribution in [2.24, 2.45) is 5.10 Å². The summed E-state index contributed by atoms with van der Waals surface area (Å²) in [7, 11) is 0. The number of hydrogen-bond donors (Lipinski definition) is 2. The first-order chi connectivity index (χ1) is 12.5. The number of para-hydroxylation sites is 1. The van der Waals surface area contributed by atoms with Crippen molar-refractivity contribution in [1.29, 1.82) is 0 Å². The highest BCUT2D eigenvalue weighted by atomic mass is 79.9. The van der Waals surface area contributed by atoms with Crippen LogP contribution in [0, 0.1) is 10.1 Å². The molecule has 1 heterocycles. The van der Waals surface area contributed by atoms with E-state index < -0.39 is 22.3 Å². The fraction of sp³-hybridized carbons (Fsp3) is 0.0667. The number of rotatable bonds is 5. The molecule has 2 N–H and O–H groups in total. The predicted molar refractivity (Wildman–Crippen MR) is 95.7 cm³/mol. The number of amides is 1. The summed E-state index contributed by atoms with van der Waals surface area (Å²) < 4.78 is 1.81. The van der Waals surface area contributed by atoms with E-state index in [0.717, 1.165) is 6.21 Å². The molecule has 1 amide bonds. The van der Waals surface area contributed by atoms with Crippen molar-refractivity contribution in [2.75, 3.05) is 0 Å². The van der Waals surface area contributed by atoms with Crippen LogP contribution >= 0.6 is 15.9 Å². The van der Waals surface area contributed by atoms with E-state index in [4.69, 9.17) is 0 Å². The van der Waals surface area contributed by atoms with E-state index in [1.807, 2.05) is 6.07 Å². The zero-order valence-corrected chi connectivity index (χ0v) is 14.6. The van der Waals surface area contributed by atoms with Gasteiger partial charge in [0.05, 0.1) is 16.7 Å². The van der Waals surface area contributed by atoms with Gasteiger partial charge in [-0.3, -0.25) is 14.9 Å². The molecule has 3 aromatic rings. The van der Waals surface area contributed by atoms with Gasteiger partial charge in [-0.25, -0.2) is 10.1 Å². The number of benzene rings is 2. The third-order valence-electron chi connectivity index (χ3n) is 3.39. The molecule has 3 rings (SSSR count). The Balaban J connectivity index is 1.71. The number of halogens is 1. The minimum atomic E-state index is -0.716. The van der Waals surface area contributed by atoms with E-state index >= 15 is 0 Å². The Morgan fingerprint density at radius 2 is 2.19 bits per heavy atom. The lowest BCUT2D eigenvalue weighted by Gasteiger charge is -2.03. The minimum absolute atomic E-state index is 0.0811. The van der Waals surface area contributed by atoms with E-state index in [0.29, 0.717) is 15.5 Å². The number of aromatic nitrogens is 3. The number of phenols is 1. The monoisotopic (exact) mass is 418 g/mol. The zero-order valence-electron chi connectivity index (χ0n) is 13.0. The Hall–Kier alpha value is -3.34. The molecule has 0 atom stereocenters. The average Bonchev–Trinajstić information content (AvgIpc) is 3.00. The Kier molecular flexibility index (Phi) is 4.89. The number of nitrogens with one attached hydrogen (secondary N) is 1. The number of aromatic hydroxyl groups is 1. The first-order valence-corrected chi connectivity index (χ1v) is 8.02. The van der Waals surface area contributed by atoms with Crippen molar-refractivity contribution >= 4 is 44.8 Å².